The quantitative estimate of drug-likeness (QED) is 0.807. The molecule has 0 aromatic heterocycles. The number of rotatable bonds is 5. The maximum Gasteiger partial charge on any atom is 0.127 e. The summed E-state index contributed by atoms with van der Waals surface area (Å²) in [5, 5.41) is 0. The Morgan fingerprint density at radius 3 is 2.00 bits per heavy atom. The van der Waals surface area contributed by atoms with Crippen molar-refractivity contribution in [2.45, 2.75) is 13.3 Å². The van der Waals surface area contributed by atoms with Crippen LogP contribution >= 0.6 is 0 Å². The summed E-state index contributed by atoms with van der Waals surface area (Å²) in [6.45, 7) is 2.86. The number of nitrogens with two attached hydrogens (primary N) is 2. The van der Waals surface area contributed by atoms with Crippen molar-refractivity contribution in [2.24, 2.45) is 11.7 Å². The van der Waals surface area contributed by atoms with Gasteiger partial charge in [-0.1, -0.05) is 19.1 Å². The van der Waals surface area contributed by atoms with Gasteiger partial charge in [0.25, 0.3) is 0 Å². The van der Waals surface area contributed by atoms with Gasteiger partial charge in [0.15, 0.2) is 0 Å². The molecule has 2 aromatic rings. The first-order chi connectivity index (χ1) is 9.17. The average Bonchev–Trinajstić information content (AvgIpc) is 2.43. The predicted molar refractivity (Wildman–Crippen MR) is 79.3 cm³/mol. The maximum atomic E-state index is 5.74. The Labute approximate surface area is 114 Å². The first-order valence-corrected chi connectivity index (χ1v) is 6.50. The van der Waals surface area contributed by atoms with Crippen LogP contribution in [0.2, 0.25) is 0 Å². The molecular formula is C16H20N2O. The molecule has 0 fully saturated rings. The van der Waals surface area contributed by atoms with Gasteiger partial charge in [-0.2, -0.15) is 0 Å². The fourth-order valence-corrected chi connectivity index (χ4v) is 1.85. The highest BCUT2D eigenvalue weighted by Crippen LogP contribution is 2.23. The van der Waals surface area contributed by atoms with E-state index in [2.05, 4.69) is 19.1 Å². The molecule has 2 rings (SSSR count). The van der Waals surface area contributed by atoms with Crippen LogP contribution in [0.3, 0.4) is 0 Å². The van der Waals surface area contributed by atoms with E-state index in [1.807, 2.05) is 36.4 Å². The second kappa shape index (κ2) is 6.25. The van der Waals surface area contributed by atoms with Crippen molar-refractivity contribution in [3.8, 4) is 11.5 Å². The van der Waals surface area contributed by atoms with Crippen molar-refractivity contribution in [3.05, 3.63) is 54.1 Å². The predicted octanol–water partition coefficient (Wildman–Crippen LogP) is 3.20. The number of benzene rings is 2. The second-order valence-electron chi connectivity index (χ2n) is 4.86. The summed E-state index contributed by atoms with van der Waals surface area (Å²) in [6.07, 6.45) is 0.999. The van der Waals surface area contributed by atoms with Crippen LogP contribution in [0.25, 0.3) is 0 Å². The molecule has 1 atom stereocenters. The molecule has 1 unspecified atom stereocenters. The van der Waals surface area contributed by atoms with E-state index in [9.17, 15) is 0 Å². The zero-order chi connectivity index (χ0) is 13.7. The van der Waals surface area contributed by atoms with Crippen LogP contribution in [-0.2, 0) is 6.42 Å². The third-order valence-electron chi connectivity index (χ3n) is 3.03. The largest absolute Gasteiger partial charge is 0.457 e. The van der Waals surface area contributed by atoms with E-state index in [1.54, 1.807) is 0 Å². The van der Waals surface area contributed by atoms with E-state index in [0.717, 1.165) is 23.6 Å². The molecule has 0 heterocycles. The summed E-state index contributed by atoms with van der Waals surface area (Å²) < 4.78 is 5.74. The van der Waals surface area contributed by atoms with Crippen LogP contribution in [0.1, 0.15) is 12.5 Å². The summed E-state index contributed by atoms with van der Waals surface area (Å²) >= 11 is 0. The molecule has 3 nitrogen and oxygen atoms in total. The Bertz CT molecular complexity index is 505. The Morgan fingerprint density at radius 1 is 0.947 bits per heavy atom. The molecule has 0 radical (unpaired) electrons. The number of nitrogen functional groups attached to an aromatic ring is 1. The van der Waals surface area contributed by atoms with Gasteiger partial charge in [-0.3, -0.25) is 0 Å². The van der Waals surface area contributed by atoms with E-state index < -0.39 is 0 Å². The summed E-state index contributed by atoms with van der Waals surface area (Å²) in [6, 6.07) is 15.5. The minimum absolute atomic E-state index is 0.504. The number of anilines is 1. The summed E-state index contributed by atoms with van der Waals surface area (Å²) in [5.74, 6) is 2.12. The molecule has 0 spiro atoms. The summed E-state index contributed by atoms with van der Waals surface area (Å²) in [5.41, 5.74) is 13.3. The number of hydrogen-bond donors (Lipinski definition) is 2. The van der Waals surface area contributed by atoms with Gasteiger partial charge in [-0.05, 0) is 60.8 Å². The van der Waals surface area contributed by atoms with Gasteiger partial charge in [0.05, 0.1) is 0 Å². The molecule has 0 bridgehead atoms. The molecule has 0 aliphatic rings. The van der Waals surface area contributed by atoms with Crippen molar-refractivity contribution in [3.63, 3.8) is 0 Å². The molecule has 0 saturated heterocycles. The molecule has 0 aliphatic carbocycles. The molecule has 2 aromatic carbocycles. The van der Waals surface area contributed by atoms with Gasteiger partial charge in [-0.25, -0.2) is 0 Å². The van der Waals surface area contributed by atoms with Gasteiger partial charge < -0.3 is 16.2 Å². The van der Waals surface area contributed by atoms with Crippen molar-refractivity contribution < 1.29 is 4.74 Å². The van der Waals surface area contributed by atoms with E-state index in [1.165, 1.54) is 5.56 Å². The molecule has 4 N–H and O–H groups in total. The van der Waals surface area contributed by atoms with Crippen LogP contribution in [0, 0.1) is 5.92 Å². The van der Waals surface area contributed by atoms with Crippen LogP contribution in [0.15, 0.2) is 48.5 Å². The third kappa shape index (κ3) is 4.00. The molecule has 0 amide bonds. The van der Waals surface area contributed by atoms with Crippen LogP contribution in [0.5, 0.6) is 11.5 Å². The van der Waals surface area contributed by atoms with Gasteiger partial charge in [-0.15, -0.1) is 0 Å². The Morgan fingerprint density at radius 2 is 1.47 bits per heavy atom. The fourth-order valence-electron chi connectivity index (χ4n) is 1.85. The van der Waals surface area contributed by atoms with Gasteiger partial charge in [0.2, 0.25) is 0 Å². The lowest BCUT2D eigenvalue weighted by Crippen LogP contribution is -2.12. The Balaban J connectivity index is 2.00. The van der Waals surface area contributed by atoms with Crippen LogP contribution < -0.4 is 16.2 Å². The van der Waals surface area contributed by atoms with Gasteiger partial charge in [0, 0.05) is 5.69 Å². The topological polar surface area (TPSA) is 61.3 Å². The molecular weight excluding hydrogens is 236 g/mol. The maximum absolute atomic E-state index is 5.74. The van der Waals surface area contributed by atoms with E-state index in [4.69, 9.17) is 16.2 Å². The summed E-state index contributed by atoms with van der Waals surface area (Å²) in [4.78, 5) is 0. The zero-order valence-electron chi connectivity index (χ0n) is 11.2. The smallest absolute Gasteiger partial charge is 0.127 e. The highest BCUT2D eigenvalue weighted by molar-refractivity contribution is 5.43. The monoisotopic (exact) mass is 256 g/mol. The first kappa shape index (κ1) is 13.4. The van der Waals surface area contributed by atoms with Crippen LogP contribution in [-0.4, -0.2) is 6.54 Å². The fraction of sp³-hybridized carbons (Fsp3) is 0.250. The number of hydrogen-bond acceptors (Lipinski definition) is 3. The Hall–Kier alpha value is -2.00. The van der Waals surface area contributed by atoms with Crippen LogP contribution in [0.4, 0.5) is 5.69 Å². The lowest BCUT2D eigenvalue weighted by molar-refractivity contribution is 0.482. The third-order valence-corrected chi connectivity index (χ3v) is 3.03. The lowest BCUT2D eigenvalue weighted by atomic mass is 10.0. The van der Waals surface area contributed by atoms with Crippen molar-refractivity contribution in [1.82, 2.24) is 0 Å². The lowest BCUT2D eigenvalue weighted by Gasteiger charge is -2.10. The minimum Gasteiger partial charge on any atom is -0.457 e. The standard InChI is InChI=1S/C16H20N2O/c1-12(11-17)10-13-2-6-15(7-3-13)19-16-8-4-14(18)5-9-16/h2-9,12H,10-11,17-18H2,1H3. The normalized spacial score (nSPS) is 12.1. The van der Waals surface area contributed by atoms with Crippen molar-refractivity contribution >= 4 is 5.69 Å². The average molecular weight is 256 g/mol. The van der Waals surface area contributed by atoms with Crippen molar-refractivity contribution in [1.29, 1.82) is 0 Å². The van der Waals surface area contributed by atoms with E-state index in [-0.39, 0.29) is 0 Å². The summed E-state index contributed by atoms with van der Waals surface area (Å²) in [7, 11) is 0. The molecule has 0 aliphatic heterocycles. The highest BCUT2D eigenvalue weighted by Gasteiger charge is 2.02. The SMILES string of the molecule is CC(CN)Cc1ccc(Oc2ccc(N)cc2)cc1. The molecule has 19 heavy (non-hydrogen) atoms. The van der Waals surface area contributed by atoms with Crippen molar-refractivity contribution in [2.75, 3.05) is 12.3 Å². The van der Waals surface area contributed by atoms with Gasteiger partial charge in [0.1, 0.15) is 11.5 Å². The molecule has 3 heteroatoms. The minimum atomic E-state index is 0.504. The second-order valence-corrected chi connectivity index (χ2v) is 4.86. The molecule has 100 valence electrons. The Kier molecular flexibility index (Phi) is 4.42. The van der Waals surface area contributed by atoms with E-state index in [0.29, 0.717) is 12.5 Å². The zero-order valence-corrected chi connectivity index (χ0v) is 11.2. The number of ether oxygens (including phenoxy) is 1. The van der Waals surface area contributed by atoms with Gasteiger partial charge >= 0.3 is 0 Å². The highest BCUT2D eigenvalue weighted by atomic mass is 16.5. The van der Waals surface area contributed by atoms with E-state index >= 15 is 0 Å². The molecule has 0 saturated carbocycles. The first-order valence-electron chi connectivity index (χ1n) is 6.50.